The zero-order valence-electron chi connectivity index (χ0n) is 18.4. The third-order valence-corrected chi connectivity index (χ3v) is 6.01. The van der Waals surface area contributed by atoms with E-state index in [-0.39, 0.29) is 5.56 Å². The normalized spacial score (nSPS) is 16.2. The van der Waals surface area contributed by atoms with Crippen molar-refractivity contribution >= 4 is 28.2 Å². The van der Waals surface area contributed by atoms with Gasteiger partial charge in [-0.1, -0.05) is 0 Å². The molecular formula is C22H30N4O5S. The van der Waals surface area contributed by atoms with E-state index in [9.17, 15) is 4.79 Å². The van der Waals surface area contributed by atoms with Gasteiger partial charge in [0.2, 0.25) is 0 Å². The molecule has 0 saturated carbocycles. The molecule has 2 N–H and O–H groups in total. The van der Waals surface area contributed by atoms with Crippen LogP contribution >= 0.6 is 12.2 Å². The highest BCUT2D eigenvalue weighted by Gasteiger charge is 2.18. The Hall–Kier alpha value is -2.40. The van der Waals surface area contributed by atoms with Crippen LogP contribution in [-0.2, 0) is 16.0 Å². The molecule has 32 heavy (non-hydrogen) atoms. The van der Waals surface area contributed by atoms with E-state index in [2.05, 4.69) is 15.2 Å². The number of aromatic nitrogens is 1. The summed E-state index contributed by atoms with van der Waals surface area (Å²) in [5.41, 5.74) is 1.24. The van der Waals surface area contributed by atoms with E-state index in [1.54, 1.807) is 7.11 Å². The number of ether oxygens (including phenoxy) is 4. The van der Waals surface area contributed by atoms with Gasteiger partial charge in [-0.15, -0.1) is 0 Å². The monoisotopic (exact) mass is 462 g/mol. The first-order chi connectivity index (χ1) is 15.6. The first kappa shape index (κ1) is 22.8. The number of nitrogens with zero attached hydrogens (tertiary/aromatic N) is 2. The van der Waals surface area contributed by atoms with Crippen molar-refractivity contribution in [1.82, 2.24) is 20.1 Å². The van der Waals surface area contributed by atoms with Crippen molar-refractivity contribution in [3.05, 3.63) is 34.1 Å². The van der Waals surface area contributed by atoms with Crippen LogP contribution in [-0.4, -0.2) is 92.8 Å². The number of benzene rings is 1. The summed E-state index contributed by atoms with van der Waals surface area (Å²) in [6.45, 7) is 7.46. The largest absolute Gasteiger partial charge is 0.486 e. The fourth-order valence-corrected chi connectivity index (χ4v) is 4.08. The molecule has 0 bridgehead atoms. The van der Waals surface area contributed by atoms with E-state index in [0.717, 1.165) is 43.8 Å². The lowest BCUT2D eigenvalue weighted by molar-refractivity contribution is 0.0357. The lowest BCUT2D eigenvalue weighted by Gasteiger charge is -2.31. The van der Waals surface area contributed by atoms with Crippen LogP contribution in [0.2, 0.25) is 0 Å². The molecule has 2 aliphatic heterocycles. The van der Waals surface area contributed by atoms with E-state index < -0.39 is 0 Å². The molecule has 0 amide bonds. The van der Waals surface area contributed by atoms with Crippen LogP contribution in [0.1, 0.15) is 5.56 Å². The first-order valence-corrected chi connectivity index (χ1v) is 11.3. The van der Waals surface area contributed by atoms with Crippen LogP contribution in [0.25, 0.3) is 10.9 Å². The number of H-pyrrole nitrogens is 1. The number of aromatic amines is 1. The van der Waals surface area contributed by atoms with Gasteiger partial charge in [-0.25, -0.2) is 0 Å². The number of nitrogens with one attached hydrogen (secondary N) is 2. The Balaban J connectivity index is 1.52. The zero-order chi connectivity index (χ0) is 22.3. The molecule has 0 unspecified atom stereocenters. The second kappa shape index (κ2) is 11.0. The minimum absolute atomic E-state index is 0.134. The number of thiocarbonyl (C=S) groups is 1. The Morgan fingerprint density at radius 3 is 2.69 bits per heavy atom. The van der Waals surface area contributed by atoms with Crippen molar-refractivity contribution in [2.75, 3.05) is 72.9 Å². The topological polar surface area (TPSA) is 88.3 Å². The zero-order valence-corrected chi connectivity index (χ0v) is 19.2. The van der Waals surface area contributed by atoms with Crippen molar-refractivity contribution in [2.24, 2.45) is 0 Å². The molecular weight excluding hydrogens is 432 g/mol. The summed E-state index contributed by atoms with van der Waals surface area (Å²) < 4.78 is 21.9. The molecule has 3 heterocycles. The summed E-state index contributed by atoms with van der Waals surface area (Å²) in [6.07, 6.45) is 0. The second-order valence-electron chi connectivity index (χ2n) is 7.81. The molecule has 0 aliphatic carbocycles. The predicted molar refractivity (Wildman–Crippen MR) is 126 cm³/mol. The van der Waals surface area contributed by atoms with Crippen LogP contribution in [0.5, 0.6) is 11.5 Å². The minimum atomic E-state index is -0.134. The number of rotatable bonds is 8. The summed E-state index contributed by atoms with van der Waals surface area (Å²) in [5, 5.41) is 4.74. The van der Waals surface area contributed by atoms with Crippen LogP contribution in [0, 0.1) is 0 Å². The van der Waals surface area contributed by atoms with Crippen molar-refractivity contribution in [1.29, 1.82) is 0 Å². The Kier molecular flexibility index (Phi) is 7.80. The summed E-state index contributed by atoms with van der Waals surface area (Å²) in [7, 11) is 1.66. The SMILES string of the molecule is COCCNC(=S)N(CCN1CCOCC1)Cc1cc2cc3c(cc2[nH]c1=O)OCCO3. The highest BCUT2D eigenvalue weighted by atomic mass is 32.1. The Labute approximate surface area is 192 Å². The summed E-state index contributed by atoms with van der Waals surface area (Å²) in [6, 6.07) is 5.64. The highest BCUT2D eigenvalue weighted by Crippen LogP contribution is 2.33. The van der Waals surface area contributed by atoms with Crippen molar-refractivity contribution < 1.29 is 18.9 Å². The molecule has 1 saturated heterocycles. The van der Waals surface area contributed by atoms with Crippen molar-refractivity contribution in [3.63, 3.8) is 0 Å². The van der Waals surface area contributed by atoms with Gasteiger partial charge in [-0.05, 0) is 24.4 Å². The van der Waals surface area contributed by atoms with Gasteiger partial charge in [0.1, 0.15) is 13.2 Å². The fraction of sp³-hybridized carbons (Fsp3) is 0.545. The predicted octanol–water partition coefficient (Wildman–Crippen LogP) is 0.954. The number of hydrogen-bond donors (Lipinski definition) is 2. The lowest BCUT2D eigenvalue weighted by atomic mass is 10.1. The molecule has 10 heteroatoms. The maximum absolute atomic E-state index is 12.9. The number of methoxy groups -OCH3 is 1. The van der Waals surface area contributed by atoms with Crippen molar-refractivity contribution in [3.8, 4) is 11.5 Å². The standard InChI is InChI=1S/C22H30N4O5S/c1-28-7-2-23-22(32)26(4-3-25-5-8-29-9-6-25)15-17-12-16-13-19-20(31-11-10-30-19)14-18(16)24-21(17)27/h12-14H,2-11,15H2,1H3,(H,23,32)(H,24,27). The number of pyridine rings is 1. The van der Waals surface area contributed by atoms with Gasteiger partial charge in [0, 0.05) is 56.8 Å². The molecule has 2 aliphatic rings. The average molecular weight is 463 g/mol. The number of morpholine rings is 1. The van der Waals surface area contributed by atoms with Gasteiger partial charge in [-0.3, -0.25) is 9.69 Å². The van der Waals surface area contributed by atoms with E-state index >= 15 is 0 Å². The first-order valence-electron chi connectivity index (χ1n) is 10.9. The molecule has 4 rings (SSSR count). The maximum Gasteiger partial charge on any atom is 0.253 e. The molecule has 9 nitrogen and oxygen atoms in total. The molecule has 1 fully saturated rings. The molecule has 174 valence electrons. The third kappa shape index (κ3) is 5.69. The molecule has 1 aromatic carbocycles. The fourth-order valence-electron chi connectivity index (χ4n) is 3.82. The summed E-state index contributed by atoms with van der Waals surface area (Å²) >= 11 is 5.64. The highest BCUT2D eigenvalue weighted by molar-refractivity contribution is 7.80. The van der Waals surface area contributed by atoms with Gasteiger partial charge in [0.05, 0.1) is 31.9 Å². The van der Waals surface area contributed by atoms with Gasteiger partial charge in [0.15, 0.2) is 16.6 Å². The van der Waals surface area contributed by atoms with Crippen LogP contribution in [0.3, 0.4) is 0 Å². The Morgan fingerprint density at radius 2 is 1.94 bits per heavy atom. The van der Waals surface area contributed by atoms with E-state index in [4.69, 9.17) is 31.2 Å². The van der Waals surface area contributed by atoms with Crippen LogP contribution in [0.15, 0.2) is 23.0 Å². The molecule has 0 spiro atoms. The van der Waals surface area contributed by atoms with E-state index in [0.29, 0.717) is 61.6 Å². The number of fused-ring (bicyclic) bond motifs is 2. The second-order valence-corrected chi connectivity index (χ2v) is 8.19. The van der Waals surface area contributed by atoms with E-state index in [1.165, 1.54) is 0 Å². The Morgan fingerprint density at radius 1 is 1.19 bits per heavy atom. The summed E-state index contributed by atoms with van der Waals surface area (Å²) in [4.78, 5) is 20.2. The van der Waals surface area contributed by atoms with Crippen LogP contribution < -0.4 is 20.3 Å². The van der Waals surface area contributed by atoms with E-state index in [1.807, 2.05) is 23.1 Å². The van der Waals surface area contributed by atoms with Gasteiger partial charge in [0.25, 0.3) is 5.56 Å². The van der Waals surface area contributed by atoms with Crippen molar-refractivity contribution in [2.45, 2.75) is 6.54 Å². The quantitative estimate of drug-likeness (QED) is 0.440. The molecule has 2 aromatic rings. The minimum Gasteiger partial charge on any atom is -0.486 e. The van der Waals surface area contributed by atoms with Gasteiger partial charge >= 0.3 is 0 Å². The maximum atomic E-state index is 12.9. The Bertz CT molecular complexity index is 992. The summed E-state index contributed by atoms with van der Waals surface area (Å²) in [5.74, 6) is 1.35. The molecule has 1 aromatic heterocycles. The van der Waals surface area contributed by atoms with Crippen LogP contribution in [0.4, 0.5) is 0 Å². The van der Waals surface area contributed by atoms with Gasteiger partial charge in [-0.2, -0.15) is 0 Å². The average Bonchev–Trinajstić information content (AvgIpc) is 2.81. The molecule has 0 radical (unpaired) electrons. The van der Waals surface area contributed by atoms with Gasteiger partial charge < -0.3 is 34.1 Å². The smallest absolute Gasteiger partial charge is 0.253 e. The molecule has 0 atom stereocenters. The number of hydrogen-bond acceptors (Lipinski definition) is 7. The lowest BCUT2D eigenvalue weighted by Crippen LogP contribution is -2.46. The third-order valence-electron chi connectivity index (χ3n) is 5.60.